The van der Waals surface area contributed by atoms with E-state index in [0.717, 1.165) is 6.42 Å². The topological polar surface area (TPSA) is 23.5 Å². The first kappa shape index (κ1) is 14.3. The van der Waals surface area contributed by atoms with Gasteiger partial charge < -0.3 is 10.0 Å². The number of aliphatic hydroxyl groups is 1. The lowest BCUT2D eigenvalue weighted by atomic mass is 9.84. The molecule has 0 radical (unpaired) electrons. The van der Waals surface area contributed by atoms with Gasteiger partial charge in [0, 0.05) is 18.7 Å². The Balaban J connectivity index is 2.34. The SMILES string of the molecule is CC(O)c1cccc(F)c1N(C)C1CCCCC1C. The number of aliphatic hydroxyl groups excluding tert-OH is 1. The largest absolute Gasteiger partial charge is 0.389 e. The highest BCUT2D eigenvalue weighted by atomic mass is 19.1. The first-order valence-electron chi connectivity index (χ1n) is 7.21. The lowest BCUT2D eigenvalue weighted by Crippen LogP contribution is -2.40. The number of benzene rings is 1. The zero-order valence-electron chi connectivity index (χ0n) is 12.1. The summed E-state index contributed by atoms with van der Waals surface area (Å²) in [7, 11) is 1.96. The van der Waals surface area contributed by atoms with Crippen molar-refractivity contribution in [2.24, 2.45) is 5.92 Å². The molecular weight excluding hydrogens is 241 g/mol. The van der Waals surface area contributed by atoms with Gasteiger partial charge in [0.2, 0.25) is 0 Å². The predicted molar refractivity (Wildman–Crippen MR) is 76.9 cm³/mol. The fourth-order valence-electron chi connectivity index (χ4n) is 3.28. The molecule has 1 aliphatic carbocycles. The van der Waals surface area contributed by atoms with E-state index in [1.807, 2.05) is 18.0 Å². The Hall–Kier alpha value is -1.09. The Morgan fingerprint density at radius 2 is 2.00 bits per heavy atom. The van der Waals surface area contributed by atoms with Crippen LogP contribution >= 0.6 is 0 Å². The second-order valence-corrected chi connectivity index (χ2v) is 5.79. The second-order valence-electron chi connectivity index (χ2n) is 5.79. The van der Waals surface area contributed by atoms with Crippen LogP contribution in [0.15, 0.2) is 18.2 Å². The van der Waals surface area contributed by atoms with Crippen molar-refractivity contribution in [2.45, 2.75) is 51.7 Å². The number of hydrogen-bond acceptors (Lipinski definition) is 2. The summed E-state index contributed by atoms with van der Waals surface area (Å²) in [6.07, 6.45) is 4.13. The summed E-state index contributed by atoms with van der Waals surface area (Å²) in [6, 6.07) is 5.32. The van der Waals surface area contributed by atoms with Crippen molar-refractivity contribution >= 4 is 5.69 Å². The van der Waals surface area contributed by atoms with Gasteiger partial charge in [-0.1, -0.05) is 31.9 Å². The predicted octanol–water partition coefficient (Wildman–Crippen LogP) is 3.89. The molecule has 1 aliphatic rings. The van der Waals surface area contributed by atoms with Crippen LogP contribution < -0.4 is 4.90 Å². The lowest BCUT2D eigenvalue weighted by molar-refractivity contribution is 0.198. The standard InChI is InChI=1S/C16H24FNO/c1-11-7-4-5-10-15(11)18(3)16-13(12(2)19)8-6-9-14(16)17/h6,8-9,11-12,15,19H,4-5,7,10H2,1-3H3. The van der Waals surface area contributed by atoms with Gasteiger partial charge >= 0.3 is 0 Å². The molecule has 1 fully saturated rings. The van der Waals surface area contributed by atoms with Crippen LogP contribution in [0.4, 0.5) is 10.1 Å². The Bertz CT molecular complexity index is 433. The molecule has 2 nitrogen and oxygen atoms in total. The fourth-order valence-corrected chi connectivity index (χ4v) is 3.28. The third kappa shape index (κ3) is 2.92. The number of anilines is 1. The molecule has 0 spiro atoms. The van der Waals surface area contributed by atoms with Gasteiger partial charge in [0.05, 0.1) is 11.8 Å². The van der Waals surface area contributed by atoms with Crippen LogP contribution in [-0.4, -0.2) is 18.2 Å². The van der Waals surface area contributed by atoms with Gasteiger partial charge in [0.25, 0.3) is 0 Å². The maximum absolute atomic E-state index is 14.2. The van der Waals surface area contributed by atoms with Crippen LogP contribution in [-0.2, 0) is 0 Å². The first-order chi connectivity index (χ1) is 9.02. The van der Waals surface area contributed by atoms with Gasteiger partial charge in [-0.15, -0.1) is 0 Å². The molecule has 0 bridgehead atoms. The minimum atomic E-state index is -0.646. The molecule has 3 unspecified atom stereocenters. The van der Waals surface area contributed by atoms with Gasteiger partial charge in [-0.05, 0) is 31.7 Å². The van der Waals surface area contributed by atoms with Crippen LogP contribution in [0.5, 0.6) is 0 Å². The van der Waals surface area contributed by atoms with E-state index in [1.54, 1.807) is 13.0 Å². The molecule has 106 valence electrons. The lowest BCUT2D eigenvalue weighted by Gasteiger charge is -2.39. The molecular formula is C16H24FNO. The molecule has 0 amide bonds. The Morgan fingerprint density at radius 1 is 1.32 bits per heavy atom. The summed E-state index contributed by atoms with van der Waals surface area (Å²) in [5.41, 5.74) is 1.25. The normalized spacial score (nSPS) is 25.1. The van der Waals surface area contributed by atoms with E-state index in [2.05, 4.69) is 6.92 Å². The summed E-state index contributed by atoms with van der Waals surface area (Å²) in [6.45, 7) is 3.93. The molecule has 2 rings (SSSR count). The number of para-hydroxylation sites is 1. The van der Waals surface area contributed by atoms with E-state index >= 15 is 0 Å². The first-order valence-corrected chi connectivity index (χ1v) is 7.21. The molecule has 1 N–H and O–H groups in total. The third-order valence-electron chi connectivity index (χ3n) is 4.38. The van der Waals surface area contributed by atoms with Crippen molar-refractivity contribution in [3.8, 4) is 0 Å². The average molecular weight is 265 g/mol. The Labute approximate surface area is 115 Å². The van der Waals surface area contributed by atoms with Crippen molar-refractivity contribution in [3.05, 3.63) is 29.6 Å². The quantitative estimate of drug-likeness (QED) is 0.896. The number of nitrogens with zero attached hydrogens (tertiary/aromatic N) is 1. The minimum absolute atomic E-state index is 0.237. The summed E-state index contributed by atoms with van der Waals surface area (Å²) in [4.78, 5) is 2.04. The van der Waals surface area contributed by atoms with E-state index in [0.29, 0.717) is 23.2 Å². The van der Waals surface area contributed by atoms with Gasteiger partial charge in [0.1, 0.15) is 5.82 Å². The van der Waals surface area contributed by atoms with Gasteiger partial charge in [-0.2, -0.15) is 0 Å². The van der Waals surface area contributed by atoms with Gasteiger partial charge in [0.15, 0.2) is 0 Å². The summed E-state index contributed by atoms with van der Waals surface area (Å²) >= 11 is 0. The van der Waals surface area contributed by atoms with Gasteiger partial charge in [-0.3, -0.25) is 0 Å². The molecule has 3 heteroatoms. The smallest absolute Gasteiger partial charge is 0.146 e. The van der Waals surface area contributed by atoms with Crippen LogP contribution in [0.2, 0.25) is 0 Å². The monoisotopic (exact) mass is 265 g/mol. The van der Waals surface area contributed by atoms with Crippen LogP contribution in [0.1, 0.15) is 51.2 Å². The van der Waals surface area contributed by atoms with Gasteiger partial charge in [-0.25, -0.2) is 4.39 Å². The number of hydrogen-bond donors (Lipinski definition) is 1. The van der Waals surface area contributed by atoms with E-state index in [4.69, 9.17) is 0 Å². The fraction of sp³-hybridized carbons (Fsp3) is 0.625. The van der Waals surface area contributed by atoms with E-state index in [9.17, 15) is 9.50 Å². The van der Waals surface area contributed by atoms with Crippen molar-refractivity contribution < 1.29 is 9.50 Å². The van der Waals surface area contributed by atoms with E-state index in [1.165, 1.54) is 25.3 Å². The molecule has 3 atom stereocenters. The molecule has 1 aromatic rings. The summed E-state index contributed by atoms with van der Waals surface area (Å²) in [5.74, 6) is 0.332. The maximum Gasteiger partial charge on any atom is 0.146 e. The molecule has 0 aromatic heterocycles. The van der Waals surface area contributed by atoms with E-state index < -0.39 is 6.10 Å². The van der Waals surface area contributed by atoms with E-state index in [-0.39, 0.29) is 5.82 Å². The summed E-state index contributed by atoms with van der Waals surface area (Å²) < 4.78 is 14.2. The molecule has 1 saturated carbocycles. The van der Waals surface area contributed by atoms with Crippen LogP contribution in [0, 0.1) is 11.7 Å². The van der Waals surface area contributed by atoms with Crippen LogP contribution in [0.3, 0.4) is 0 Å². The van der Waals surface area contributed by atoms with Crippen molar-refractivity contribution in [2.75, 3.05) is 11.9 Å². The van der Waals surface area contributed by atoms with Crippen molar-refractivity contribution in [1.82, 2.24) is 0 Å². The van der Waals surface area contributed by atoms with Crippen molar-refractivity contribution in [1.29, 1.82) is 0 Å². The number of halogens is 1. The molecule has 0 aliphatic heterocycles. The zero-order valence-corrected chi connectivity index (χ0v) is 12.1. The highest BCUT2D eigenvalue weighted by Crippen LogP contribution is 2.35. The molecule has 0 saturated heterocycles. The highest BCUT2D eigenvalue weighted by Gasteiger charge is 2.28. The summed E-state index contributed by atoms with van der Waals surface area (Å²) in [5, 5.41) is 9.85. The Morgan fingerprint density at radius 3 is 2.63 bits per heavy atom. The van der Waals surface area contributed by atoms with Crippen LogP contribution in [0.25, 0.3) is 0 Å². The molecule has 0 heterocycles. The second kappa shape index (κ2) is 5.91. The minimum Gasteiger partial charge on any atom is -0.389 e. The molecule has 19 heavy (non-hydrogen) atoms. The highest BCUT2D eigenvalue weighted by molar-refractivity contribution is 5.56. The molecule has 1 aromatic carbocycles. The zero-order chi connectivity index (χ0) is 14.0. The maximum atomic E-state index is 14.2. The Kier molecular flexibility index (Phi) is 4.46. The average Bonchev–Trinajstić information content (AvgIpc) is 2.38. The number of rotatable bonds is 3. The third-order valence-corrected chi connectivity index (χ3v) is 4.38. The van der Waals surface area contributed by atoms with Crippen molar-refractivity contribution in [3.63, 3.8) is 0 Å².